The minimum absolute atomic E-state index is 0.000185. The van der Waals surface area contributed by atoms with E-state index in [-0.39, 0.29) is 18.4 Å². The fraction of sp³-hybridized carbons (Fsp3) is 0.429. The van der Waals surface area contributed by atoms with Gasteiger partial charge in [-0.1, -0.05) is 0 Å². The number of likely N-dealkylation sites (tertiary alicyclic amines) is 1. The second-order valence-electron chi connectivity index (χ2n) is 4.75. The molecule has 6 heteroatoms. The first-order valence-corrected chi connectivity index (χ1v) is 8.46. The Balaban J connectivity index is 1.91. The highest BCUT2D eigenvalue weighted by molar-refractivity contribution is 14.1. The van der Waals surface area contributed by atoms with Crippen LogP contribution in [0.25, 0.3) is 0 Å². The molecule has 1 aromatic rings. The van der Waals surface area contributed by atoms with Crippen LogP contribution in [0.4, 0.5) is 0 Å². The topological polar surface area (TPSA) is 49.4 Å². The van der Waals surface area contributed by atoms with Crippen molar-refractivity contribution in [2.75, 3.05) is 19.6 Å². The van der Waals surface area contributed by atoms with Crippen LogP contribution in [-0.2, 0) is 4.79 Å². The fourth-order valence-electron chi connectivity index (χ4n) is 2.18. The molecule has 0 spiro atoms. The van der Waals surface area contributed by atoms with Crippen molar-refractivity contribution in [2.24, 2.45) is 0 Å². The van der Waals surface area contributed by atoms with E-state index in [0.29, 0.717) is 5.56 Å². The minimum atomic E-state index is -0.222. The Labute approximate surface area is 140 Å². The largest absolute Gasteiger partial charge is 0.343 e. The summed E-state index contributed by atoms with van der Waals surface area (Å²) in [6.45, 7) is 1.68. The molecule has 0 radical (unpaired) electrons. The Morgan fingerprint density at radius 2 is 1.95 bits per heavy atom. The van der Waals surface area contributed by atoms with Crippen molar-refractivity contribution >= 4 is 50.3 Å². The molecule has 4 nitrogen and oxygen atoms in total. The van der Waals surface area contributed by atoms with Gasteiger partial charge in [0.1, 0.15) is 0 Å². The first kappa shape index (κ1) is 15.8. The molecule has 0 aromatic heterocycles. The number of hydrogen-bond acceptors (Lipinski definition) is 2. The van der Waals surface area contributed by atoms with Crippen LogP contribution in [0.1, 0.15) is 29.6 Å². The molecule has 0 aliphatic carbocycles. The molecule has 2 rings (SSSR count). The number of hydrogen-bond donors (Lipinski definition) is 1. The number of halogens is 2. The van der Waals surface area contributed by atoms with Crippen LogP contribution in [-0.4, -0.2) is 36.3 Å². The van der Waals surface area contributed by atoms with Crippen molar-refractivity contribution in [3.63, 3.8) is 0 Å². The highest BCUT2D eigenvalue weighted by Crippen LogP contribution is 2.19. The van der Waals surface area contributed by atoms with Crippen molar-refractivity contribution < 1.29 is 9.59 Å². The fourth-order valence-corrected chi connectivity index (χ4v) is 3.10. The Kier molecular flexibility index (Phi) is 5.83. The molecule has 1 saturated heterocycles. The number of piperidine rings is 1. The highest BCUT2D eigenvalue weighted by Gasteiger charge is 2.18. The van der Waals surface area contributed by atoms with Gasteiger partial charge >= 0.3 is 0 Å². The third-order valence-electron chi connectivity index (χ3n) is 3.28. The monoisotopic (exact) mass is 450 g/mol. The van der Waals surface area contributed by atoms with E-state index in [1.807, 2.05) is 17.0 Å². The summed E-state index contributed by atoms with van der Waals surface area (Å²) in [5.41, 5.74) is 0.559. The summed E-state index contributed by atoms with van der Waals surface area (Å²) in [5.74, 6) is -0.222. The van der Waals surface area contributed by atoms with Crippen LogP contribution in [0.3, 0.4) is 0 Å². The third-order valence-corrected chi connectivity index (χ3v) is 4.64. The number of rotatable bonds is 3. The zero-order chi connectivity index (χ0) is 14.5. The van der Waals surface area contributed by atoms with Crippen LogP contribution in [0.5, 0.6) is 0 Å². The molecule has 1 fully saturated rings. The van der Waals surface area contributed by atoms with Gasteiger partial charge in [0, 0.05) is 21.1 Å². The highest BCUT2D eigenvalue weighted by atomic mass is 127. The van der Waals surface area contributed by atoms with Crippen molar-refractivity contribution in [3.8, 4) is 0 Å². The van der Waals surface area contributed by atoms with E-state index in [4.69, 9.17) is 0 Å². The summed E-state index contributed by atoms with van der Waals surface area (Å²) >= 11 is 5.51. The molecular weight excluding hydrogens is 435 g/mol. The molecule has 0 bridgehead atoms. The average Bonchev–Trinajstić information content (AvgIpc) is 2.47. The zero-order valence-electron chi connectivity index (χ0n) is 11.0. The van der Waals surface area contributed by atoms with Gasteiger partial charge in [0.05, 0.1) is 12.1 Å². The van der Waals surface area contributed by atoms with Crippen LogP contribution in [0.2, 0.25) is 0 Å². The van der Waals surface area contributed by atoms with Gasteiger partial charge in [-0.05, 0) is 76.0 Å². The average molecular weight is 451 g/mol. The summed E-state index contributed by atoms with van der Waals surface area (Å²) < 4.78 is 1.72. The van der Waals surface area contributed by atoms with Gasteiger partial charge in [-0.15, -0.1) is 0 Å². The maximum Gasteiger partial charge on any atom is 0.252 e. The van der Waals surface area contributed by atoms with E-state index >= 15 is 0 Å². The predicted octanol–water partition coefficient (Wildman–Crippen LogP) is 2.80. The number of nitrogens with one attached hydrogen (secondary N) is 1. The van der Waals surface area contributed by atoms with Gasteiger partial charge in [0.2, 0.25) is 5.91 Å². The smallest absolute Gasteiger partial charge is 0.252 e. The van der Waals surface area contributed by atoms with Gasteiger partial charge in [-0.25, -0.2) is 0 Å². The molecule has 1 heterocycles. The first-order chi connectivity index (χ1) is 9.58. The minimum Gasteiger partial charge on any atom is -0.343 e. The maximum absolute atomic E-state index is 12.1. The number of amides is 2. The van der Waals surface area contributed by atoms with E-state index in [0.717, 1.165) is 34.0 Å². The van der Waals surface area contributed by atoms with Gasteiger partial charge in [-0.2, -0.15) is 0 Å². The van der Waals surface area contributed by atoms with E-state index in [1.54, 1.807) is 6.07 Å². The molecule has 1 N–H and O–H groups in total. The molecule has 20 heavy (non-hydrogen) atoms. The van der Waals surface area contributed by atoms with E-state index < -0.39 is 0 Å². The Hall–Kier alpha value is -0.630. The van der Waals surface area contributed by atoms with Crippen LogP contribution in [0.15, 0.2) is 22.7 Å². The Bertz CT molecular complexity index is 516. The maximum atomic E-state index is 12.1. The molecule has 108 valence electrons. The van der Waals surface area contributed by atoms with Gasteiger partial charge in [0.15, 0.2) is 0 Å². The van der Waals surface area contributed by atoms with Gasteiger partial charge < -0.3 is 10.2 Å². The normalized spacial score (nSPS) is 15.0. The second kappa shape index (κ2) is 7.40. The van der Waals surface area contributed by atoms with Gasteiger partial charge in [-0.3, -0.25) is 9.59 Å². The Morgan fingerprint density at radius 3 is 2.65 bits per heavy atom. The molecular formula is C14H16BrIN2O2. The summed E-state index contributed by atoms with van der Waals surface area (Å²) in [6, 6.07) is 5.55. The standard InChI is InChI=1S/C14H16BrIN2O2/c15-12-5-4-10(16)8-11(12)14(20)17-9-13(19)18-6-2-1-3-7-18/h4-5,8H,1-3,6-7,9H2,(H,17,20). The SMILES string of the molecule is O=C(NCC(=O)N1CCCCC1)c1cc(I)ccc1Br. The first-order valence-electron chi connectivity index (χ1n) is 6.59. The lowest BCUT2D eigenvalue weighted by Gasteiger charge is -2.26. The lowest BCUT2D eigenvalue weighted by molar-refractivity contribution is -0.130. The number of carbonyl (C=O) groups excluding carboxylic acids is 2. The van der Waals surface area contributed by atoms with Gasteiger partial charge in [0.25, 0.3) is 5.91 Å². The lowest BCUT2D eigenvalue weighted by atomic mass is 10.1. The molecule has 1 aromatic carbocycles. The quantitative estimate of drug-likeness (QED) is 0.720. The summed E-state index contributed by atoms with van der Waals surface area (Å²) in [6.07, 6.45) is 3.30. The lowest BCUT2D eigenvalue weighted by Crippen LogP contribution is -2.42. The molecule has 0 atom stereocenters. The predicted molar refractivity (Wildman–Crippen MR) is 89.6 cm³/mol. The number of carbonyl (C=O) groups is 2. The van der Waals surface area contributed by atoms with Crippen molar-refractivity contribution in [1.29, 1.82) is 0 Å². The molecule has 0 unspecified atom stereocenters. The van der Waals surface area contributed by atoms with Crippen LogP contribution < -0.4 is 5.32 Å². The Morgan fingerprint density at radius 1 is 1.25 bits per heavy atom. The van der Waals surface area contributed by atoms with Crippen molar-refractivity contribution in [2.45, 2.75) is 19.3 Å². The zero-order valence-corrected chi connectivity index (χ0v) is 14.7. The van der Waals surface area contributed by atoms with Crippen LogP contribution in [0, 0.1) is 3.57 Å². The third kappa shape index (κ3) is 4.18. The molecule has 1 aliphatic heterocycles. The van der Waals surface area contributed by atoms with Crippen molar-refractivity contribution in [3.05, 3.63) is 31.8 Å². The van der Waals surface area contributed by atoms with E-state index in [9.17, 15) is 9.59 Å². The number of benzene rings is 1. The molecule has 0 saturated carbocycles. The molecule has 1 aliphatic rings. The number of nitrogens with zero attached hydrogens (tertiary/aromatic N) is 1. The van der Waals surface area contributed by atoms with E-state index in [1.165, 1.54) is 6.42 Å². The molecule has 2 amide bonds. The summed E-state index contributed by atoms with van der Waals surface area (Å²) in [4.78, 5) is 25.9. The van der Waals surface area contributed by atoms with E-state index in [2.05, 4.69) is 43.8 Å². The summed E-state index contributed by atoms with van der Waals surface area (Å²) in [5, 5.41) is 2.70. The summed E-state index contributed by atoms with van der Waals surface area (Å²) in [7, 11) is 0. The van der Waals surface area contributed by atoms with Crippen molar-refractivity contribution in [1.82, 2.24) is 10.2 Å². The second-order valence-corrected chi connectivity index (χ2v) is 6.85. The van der Waals surface area contributed by atoms with Crippen LogP contribution >= 0.6 is 38.5 Å².